The van der Waals surface area contributed by atoms with E-state index in [9.17, 15) is 5.21 Å². The molecule has 120 valence electrons. The van der Waals surface area contributed by atoms with Gasteiger partial charge in [0.05, 0.1) is 17.8 Å². The molecular formula is C18H25ClN2O. The van der Waals surface area contributed by atoms with Crippen LogP contribution in [-0.4, -0.2) is 25.2 Å². The van der Waals surface area contributed by atoms with Crippen LogP contribution in [0.2, 0.25) is 5.02 Å². The van der Waals surface area contributed by atoms with Crippen molar-refractivity contribution >= 4 is 23.0 Å². The molecule has 0 aliphatic carbocycles. The van der Waals surface area contributed by atoms with Gasteiger partial charge in [0.25, 0.3) is 0 Å². The first kappa shape index (κ1) is 17.1. The second-order valence-electron chi connectivity index (χ2n) is 6.72. The summed E-state index contributed by atoms with van der Waals surface area (Å²) in [4.78, 5) is 2.24. The zero-order valence-electron chi connectivity index (χ0n) is 13.9. The molecule has 0 radical (unpaired) electrons. The van der Waals surface area contributed by atoms with Crippen LogP contribution in [0.25, 0.3) is 0 Å². The Hall–Kier alpha value is -1.29. The molecule has 0 bridgehead atoms. The zero-order valence-corrected chi connectivity index (χ0v) is 14.7. The fraction of sp³-hybridized carbons (Fsp3) is 0.444. The summed E-state index contributed by atoms with van der Waals surface area (Å²) in [5.74, 6) is 0. The summed E-state index contributed by atoms with van der Waals surface area (Å²) in [6.07, 6.45) is 3.93. The summed E-state index contributed by atoms with van der Waals surface area (Å²) >= 11 is 6.16. The Morgan fingerprint density at radius 1 is 1.45 bits per heavy atom. The van der Waals surface area contributed by atoms with Crippen molar-refractivity contribution in [3.63, 3.8) is 0 Å². The number of hydroxylamine groups is 2. The number of nitrogens with zero attached hydrogens (tertiary/aromatic N) is 2. The average molecular weight is 321 g/mol. The number of halogens is 1. The van der Waals surface area contributed by atoms with Gasteiger partial charge in [-0.25, -0.2) is 0 Å². The molecule has 0 spiro atoms. The number of anilines is 1. The minimum atomic E-state index is -0.356. The van der Waals surface area contributed by atoms with E-state index in [0.29, 0.717) is 24.7 Å². The van der Waals surface area contributed by atoms with E-state index in [1.807, 2.05) is 44.2 Å². The van der Waals surface area contributed by atoms with E-state index in [2.05, 4.69) is 25.3 Å². The highest BCUT2D eigenvalue weighted by Crippen LogP contribution is 2.42. The Kier molecular flexibility index (Phi) is 4.71. The van der Waals surface area contributed by atoms with Gasteiger partial charge < -0.3 is 14.8 Å². The van der Waals surface area contributed by atoms with Crippen molar-refractivity contribution in [2.24, 2.45) is 0 Å². The number of rotatable bonds is 4. The van der Waals surface area contributed by atoms with Crippen LogP contribution in [0.4, 0.5) is 11.4 Å². The molecule has 22 heavy (non-hydrogen) atoms. The average Bonchev–Trinajstić information content (AvgIpc) is 2.46. The van der Waals surface area contributed by atoms with Gasteiger partial charge in [-0.3, -0.25) is 0 Å². The topological polar surface area (TPSA) is 26.3 Å². The molecule has 0 fully saturated rings. The third kappa shape index (κ3) is 3.22. The van der Waals surface area contributed by atoms with Gasteiger partial charge in [0.15, 0.2) is 5.69 Å². The molecule has 2 rings (SSSR count). The number of hydrogen-bond acceptors (Lipinski definition) is 2. The predicted octanol–water partition coefficient (Wildman–Crippen LogP) is 4.90. The highest BCUT2D eigenvalue weighted by atomic mass is 35.5. The van der Waals surface area contributed by atoms with Crippen LogP contribution in [0.1, 0.15) is 27.7 Å². The summed E-state index contributed by atoms with van der Waals surface area (Å²) < 4.78 is -0.356. The molecule has 1 atom stereocenters. The van der Waals surface area contributed by atoms with Gasteiger partial charge in [0.2, 0.25) is 0 Å². The summed E-state index contributed by atoms with van der Waals surface area (Å²) in [6.45, 7) is 13.8. The molecule has 1 heterocycles. The molecule has 0 saturated heterocycles. The quantitative estimate of drug-likeness (QED) is 0.448. The lowest BCUT2D eigenvalue weighted by atomic mass is 9.99. The second-order valence-corrected chi connectivity index (χ2v) is 7.16. The molecular weight excluding hydrogens is 296 g/mol. The molecule has 0 amide bonds. The van der Waals surface area contributed by atoms with Gasteiger partial charge in [-0.05, 0) is 45.9 Å². The zero-order chi connectivity index (χ0) is 16.5. The van der Waals surface area contributed by atoms with E-state index in [1.165, 1.54) is 0 Å². The number of quaternary nitrogens is 1. The largest absolute Gasteiger partial charge is 0.627 e. The molecule has 1 aromatic carbocycles. The maximum Gasteiger partial charge on any atom is 0.158 e. The van der Waals surface area contributed by atoms with E-state index < -0.39 is 0 Å². The van der Waals surface area contributed by atoms with Gasteiger partial charge in [-0.2, -0.15) is 0 Å². The first-order chi connectivity index (χ1) is 10.2. The number of benzene rings is 1. The van der Waals surface area contributed by atoms with Crippen LogP contribution in [-0.2, 0) is 0 Å². The predicted molar refractivity (Wildman–Crippen MR) is 97.4 cm³/mol. The van der Waals surface area contributed by atoms with E-state index in [4.69, 9.17) is 11.6 Å². The summed E-state index contributed by atoms with van der Waals surface area (Å²) in [7, 11) is 0. The van der Waals surface area contributed by atoms with Crippen LogP contribution < -0.4 is 9.55 Å². The number of hydrogen-bond donors (Lipinski definition) is 0. The van der Waals surface area contributed by atoms with Gasteiger partial charge in [-0.1, -0.05) is 23.3 Å². The summed E-state index contributed by atoms with van der Waals surface area (Å²) in [5, 5.41) is 13.9. The Balaban J connectivity index is 2.52. The maximum atomic E-state index is 13.3. The van der Waals surface area contributed by atoms with E-state index in [0.717, 1.165) is 16.9 Å². The van der Waals surface area contributed by atoms with Crippen LogP contribution in [0.3, 0.4) is 0 Å². The molecule has 0 aromatic heterocycles. The van der Waals surface area contributed by atoms with Crippen molar-refractivity contribution in [3.05, 3.63) is 52.7 Å². The second kappa shape index (κ2) is 6.07. The smallest absolute Gasteiger partial charge is 0.158 e. The first-order valence-corrected chi connectivity index (χ1v) is 8.00. The van der Waals surface area contributed by atoms with Crippen molar-refractivity contribution in [3.8, 4) is 0 Å². The number of fused-ring (bicyclic) bond motifs is 1. The maximum absolute atomic E-state index is 13.3. The molecule has 1 aliphatic rings. The van der Waals surface area contributed by atoms with Gasteiger partial charge >= 0.3 is 0 Å². The molecule has 4 heteroatoms. The normalized spacial score (nSPS) is 21.3. The lowest BCUT2D eigenvalue weighted by Gasteiger charge is -2.51. The van der Waals surface area contributed by atoms with Crippen molar-refractivity contribution in [2.75, 3.05) is 24.5 Å². The molecule has 0 saturated carbocycles. The first-order valence-electron chi connectivity index (χ1n) is 7.62. The van der Waals surface area contributed by atoms with Crippen LogP contribution in [0.15, 0.2) is 42.5 Å². The lowest BCUT2D eigenvalue weighted by Crippen LogP contribution is -2.57. The SMILES string of the molecule is C=CC(C)(C)N1CC[N+]([O-])(CC=C(C)C)c2cc(Cl)ccc21. The van der Waals surface area contributed by atoms with Gasteiger partial charge in [-0.15, -0.1) is 6.58 Å². The van der Waals surface area contributed by atoms with Crippen molar-refractivity contribution in [2.45, 2.75) is 33.2 Å². The van der Waals surface area contributed by atoms with E-state index in [1.54, 1.807) is 0 Å². The Morgan fingerprint density at radius 3 is 2.73 bits per heavy atom. The van der Waals surface area contributed by atoms with Crippen molar-refractivity contribution < 1.29 is 0 Å². The third-order valence-corrected chi connectivity index (χ3v) is 4.58. The van der Waals surface area contributed by atoms with Crippen molar-refractivity contribution in [1.82, 2.24) is 4.65 Å². The molecule has 1 aliphatic heterocycles. The monoisotopic (exact) mass is 320 g/mol. The molecule has 1 aromatic rings. The van der Waals surface area contributed by atoms with Gasteiger partial charge in [0, 0.05) is 11.1 Å². The fourth-order valence-corrected chi connectivity index (χ4v) is 2.95. The van der Waals surface area contributed by atoms with Crippen molar-refractivity contribution in [1.29, 1.82) is 0 Å². The highest BCUT2D eigenvalue weighted by molar-refractivity contribution is 6.31. The minimum absolute atomic E-state index is 0.204. The highest BCUT2D eigenvalue weighted by Gasteiger charge is 2.36. The Morgan fingerprint density at radius 2 is 2.14 bits per heavy atom. The van der Waals surface area contributed by atoms with E-state index >= 15 is 0 Å². The summed E-state index contributed by atoms with van der Waals surface area (Å²) in [6, 6.07) is 5.62. The Labute approximate surface area is 138 Å². The third-order valence-electron chi connectivity index (χ3n) is 4.34. The number of allylic oxidation sites excluding steroid dienone is 1. The van der Waals surface area contributed by atoms with Crippen LogP contribution in [0, 0.1) is 5.21 Å². The van der Waals surface area contributed by atoms with Crippen LogP contribution >= 0.6 is 11.6 Å². The molecule has 3 nitrogen and oxygen atoms in total. The standard InChI is InChI=1S/C18H25ClN2O/c1-6-18(4,5)20-10-12-21(22,11-9-14(2)3)17-13-15(19)7-8-16(17)20/h6-9,13H,1,10-12H2,2-5H3. The Bertz CT molecular complexity index is 605. The van der Waals surface area contributed by atoms with E-state index in [-0.39, 0.29) is 10.2 Å². The summed E-state index contributed by atoms with van der Waals surface area (Å²) in [5.41, 5.74) is 2.65. The molecule has 0 N–H and O–H groups in total. The fourth-order valence-electron chi connectivity index (χ4n) is 2.78. The molecule has 1 unspecified atom stereocenters. The minimum Gasteiger partial charge on any atom is -0.627 e. The van der Waals surface area contributed by atoms with Crippen LogP contribution in [0.5, 0.6) is 0 Å². The van der Waals surface area contributed by atoms with Gasteiger partial charge in [0.1, 0.15) is 13.1 Å². The lowest BCUT2D eigenvalue weighted by molar-refractivity contribution is 0.375.